The van der Waals surface area contributed by atoms with Crippen LogP contribution in [0.5, 0.6) is 0 Å². The van der Waals surface area contributed by atoms with Crippen LogP contribution in [0.3, 0.4) is 0 Å². The second-order valence-corrected chi connectivity index (χ2v) is 4.79. The van der Waals surface area contributed by atoms with Gasteiger partial charge >= 0.3 is 5.97 Å². The first-order valence-electron chi connectivity index (χ1n) is 6.13. The highest BCUT2D eigenvalue weighted by atomic mass is 16.5. The van der Waals surface area contributed by atoms with Crippen molar-refractivity contribution in [2.45, 2.75) is 33.2 Å². The molecule has 1 saturated heterocycles. The Hall–Kier alpha value is -1.34. The molecule has 1 unspecified atom stereocenters. The maximum Gasteiger partial charge on any atom is 0.348 e. The summed E-state index contributed by atoms with van der Waals surface area (Å²) in [5.74, 6) is -0.200. The van der Waals surface area contributed by atoms with E-state index in [1.54, 1.807) is 6.92 Å². The Bertz CT molecular complexity index is 368. The number of esters is 1. The largest absolute Gasteiger partial charge is 0.462 e. The highest BCUT2D eigenvalue weighted by molar-refractivity contribution is 5.93. The van der Waals surface area contributed by atoms with Crippen molar-refractivity contribution < 1.29 is 14.4 Å². The van der Waals surface area contributed by atoms with Gasteiger partial charge < -0.3 is 9.64 Å². The van der Waals surface area contributed by atoms with Crippen molar-refractivity contribution in [3.63, 3.8) is 0 Å². The Kier molecular flexibility index (Phi) is 4.71. The van der Waals surface area contributed by atoms with E-state index in [-0.39, 0.29) is 11.5 Å². The van der Waals surface area contributed by atoms with E-state index in [4.69, 9.17) is 10.00 Å². The minimum absolute atomic E-state index is 0.221. The van der Waals surface area contributed by atoms with Gasteiger partial charge in [0.15, 0.2) is 0 Å². The number of likely N-dealkylation sites (tertiary alicyclic amines) is 1. The molecule has 1 fully saturated rings. The van der Waals surface area contributed by atoms with E-state index in [0.717, 1.165) is 18.5 Å². The lowest BCUT2D eigenvalue weighted by Crippen LogP contribution is -3.14. The Balaban J connectivity index is 3.00. The molecule has 3 atom stereocenters. The van der Waals surface area contributed by atoms with Gasteiger partial charge in [0, 0.05) is 12.3 Å². The molecule has 4 nitrogen and oxygen atoms in total. The molecule has 0 aromatic carbocycles. The lowest BCUT2D eigenvalue weighted by atomic mass is 9.86. The van der Waals surface area contributed by atoms with E-state index < -0.39 is 5.97 Å². The van der Waals surface area contributed by atoms with Crippen LogP contribution in [0.2, 0.25) is 0 Å². The molecule has 0 saturated carbocycles. The number of nitrogens with one attached hydrogen (secondary N) is 1. The normalized spacial score (nSPS) is 31.6. The second kappa shape index (κ2) is 5.83. The molecule has 0 bridgehead atoms. The third-order valence-electron chi connectivity index (χ3n) is 3.50. The standard InChI is InChI=1S/C13H20N2O2/c1-5-17-13(16)12(7-14)11-6-10(3)15(4)8-9(11)2/h9-10H,5-6,8H2,1-4H3/p+1/b12-11-/t9-,10-/m0/s1. The van der Waals surface area contributed by atoms with Crippen molar-refractivity contribution in [2.75, 3.05) is 20.2 Å². The predicted molar refractivity (Wildman–Crippen MR) is 64.3 cm³/mol. The summed E-state index contributed by atoms with van der Waals surface area (Å²) in [5, 5.41) is 9.13. The van der Waals surface area contributed by atoms with Crippen molar-refractivity contribution in [3.8, 4) is 6.07 Å². The van der Waals surface area contributed by atoms with E-state index >= 15 is 0 Å². The summed E-state index contributed by atoms with van der Waals surface area (Å²) in [6, 6.07) is 2.46. The third kappa shape index (κ3) is 3.07. The maximum absolute atomic E-state index is 11.7. The number of carbonyl (C=O) groups excluding carboxylic acids is 1. The van der Waals surface area contributed by atoms with E-state index in [1.165, 1.54) is 4.90 Å². The SMILES string of the molecule is CCOC(=O)/C(C#N)=C1/C[C@H](C)[NH+](C)C[C@@H]1C. The molecule has 1 aliphatic rings. The monoisotopic (exact) mass is 237 g/mol. The minimum Gasteiger partial charge on any atom is -0.462 e. The summed E-state index contributed by atoms with van der Waals surface area (Å²) in [6.45, 7) is 7.23. The van der Waals surface area contributed by atoms with Crippen LogP contribution in [0.15, 0.2) is 11.1 Å². The summed E-state index contributed by atoms with van der Waals surface area (Å²) >= 11 is 0. The average Bonchev–Trinajstić information content (AvgIpc) is 2.26. The third-order valence-corrected chi connectivity index (χ3v) is 3.50. The number of hydrogen-bond acceptors (Lipinski definition) is 3. The van der Waals surface area contributed by atoms with Crippen LogP contribution in [0, 0.1) is 17.2 Å². The Morgan fingerprint density at radius 2 is 2.24 bits per heavy atom. The highest BCUT2D eigenvalue weighted by Crippen LogP contribution is 2.23. The molecular formula is C13H21N2O2+. The molecule has 17 heavy (non-hydrogen) atoms. The van der Waals surface area contributed by atoms with Crippen molar-refractivity contribution >= 4 is 5.97 Å². The van der Waals surface area contributed by atoms with E-state index in [2.05, 4.69) is 20.9 Å². The van der Waals surface area contributed by atoms with Crippen molar-refractivity contribution in [2.24, 2.45) is 5.92 Å². The molecule has 0 radical (unpaired) electrons. The molecular weight excluding hydrogens is 216 g/mol. The van der Waals surface area contributed by atoms with Gasteiger partial charge in [-0.1, -0.05) is 6.92 Å². The van der Waals surface area contributed by atoms with E-state index in [1.807, 2.05) is 6.07 Å². The maximum atomic E-state index is 11.7. The summed E-state index contributed by atoms with van der Waals surface area (Å²) in [6.07, 6.45) is 0.800. The fourth-order valence-electron chi connectivity index (χ4n) is 2.31. The fraction of sp³-hybridized carbons (Fsp3) is 0.692. The Morgan fingerprint density at radius 1 is 1.59 bits per heavy atom. The highest BCUT2D eigenvalue weighted by Gasteiger charge is 2.31. The van der Waals surface area contributed by atoms with Gasteiger partial charge in [0.1, 0.15) is 11.6 Å². The quantitative estimate of drug-likeness (QED) is 0.427. The molecule has 1 aliphatic heterocycles. The van der Waals surface area contributed by atoms with Gasteiger partial charge in [0.25, 0.3) is 0 Å². The zero-order valence-corrected chi connectivity index (χ0v) is 11.0. The molecule has 1 heterocycles. The molecule has 0 aromatic rings. The number of ether oxygens (including phenoxy) is 1. The lowest BCUT2D eigenvalue weighted by molar-refractivity contribution is -0.910. The van der Waals surface area contributed by atoms with Crippen LogP contribution in [-0.4, -0.2) is 32.2 Å². The summed E-state index contributed by atoms with van der Waals surface area (Å²) in [5.41, 5.74) is 1.18. The van der Waals surface area contributed by atoms with Gasteiger partial charge in [-0.05, 0) is 19.4 Å². The molecule has 4 heteroatoms. The molecule has 0 spiro atoms. The zero-order valence-electron chi connectivity index (χ0n) is 11.0. The van der Waals surface area contributed by atoms with Crippen LogP contribution in [0.4, 0.5) is 0 Å². The lowest BCUT2D eigenvalue weighted by Gasteiger charge is -2.33. The number of nitrogens with zero attached hydrogens (tertiary/aromatic N) is 1. The smallest absolute Gasteiger partial charge is 0.348 e. The summed E-state index contributed by atoms with van der Waals surface area (Å²) in [7, 11) is 2.15. The number of nitriles is 1. The molecule has 1 rings (SSSR count). The van der Waals surface area contributed by atoms with Gasteiger partial charge in [0.05, 0.1) is 26.2 Å². The van der Waals surface area contributed by atoms with E-state index in [9.17, 15) is 4.79 Å². The van der Waals surface area contributed by atoms with Crippen LogP contribution in [0.1, 0.15) is 27.2 Å². The first kappa shape index (κ1) is 13.7. The number of piperidine rings is 1. The number of hydrogen-bond donors (Lipinski definition) is 1. The van der Waals surface area contributed by atoms with Crippen LogP contribution < -0.4 is 4.90 Å². The van der Waals surface area contributed by atoms with Gasteiger partial charge in [-0.15, -0.1) is 0 Å². The topological polar surface area (TPSA) is 54.5 Å². The average molecular weight is 237 g/mol. The Labute approximate surface area is 103 Å². The molecule has 0 aliphatic carbocycles. The first-order valence-corrected chi connectivity index (χ1v) is 6.13. The second-order valence-electron chi connectivity index (χ2n) is 4.79. The minimum atomic E-state index is -0.469. The van der Waals surface area contributed by atoms with Gasteiger partial charge in [-0.2, -0.15) is 5.26 Å². The van der Waals surface area contributed by atoms with Gasteiger partial charge in [0.2, 0.25) is 0 Å². The predicted octanol–water partition coefficient (Wildman–Crippen LogP) is 0.313. The van der Waals surface area contributed by atoms with Crippen molar-refractivity contribution in [1.82, 2.24) is 0 Å². The van der Waals surface area contributed by atoms with E-state index in [0.29, 0.717) is 12.6 Å². The van der Waals surface area contributed by atoms with Gasteiger partial charge in [-0.25, -0.2) is 4.79 Å². The molecule has 1 N–H and O–H groups in total. The first-order chi connectivity index (χ1) is 8.01. The van der Waals surface area contributed by atoms with Crippen molar-refractivity contribution in [1.29, 1.82) is 5.26 Å². The summed E-state index contributed by atoms with van der Waals surface area (Å²) < 4.78 is 4.93. The Morgan fingerprint density at radius 3 is 2.76 bits per heavy atom. The molecule has 0 aromatic heterocycles. The molecule has 94 valence electrons. The number of rotatable bonds is 2. The van der Waals surface area contributed by atoms with Crippen LogP contribution >= 0.6 is 0 Å². The van der Waals surface area contributed by atoms with Crippen LogP contribution in [0.25, 0.3) is 0 Å². The van der Waals surface area contributed by atoms with Crippen LogP contribution in [-0.2, 0) is 9.53 Å². The molecule has 0 amide bonds. The summed E-state index contributed by atoms with van der Waals surface area (Å²) in [4.78, 5) is 13.1. The van der Waals surface area contributed by atoms with Gasteiger partial charge in [-0.3, -0.25) is 0 Å². The zero-order chi connectivity index (χ0) is 13.0. The number of carbonyl (C=O) groups is 1. The van der Waals surface area contributed by atoms with Crippen molar-refractivity contribution in [3.05, 3.63) is 11.1 Å². The fourth-order valence-corrected chi connectivity index (χ4v) is 2.31. The number of quaternary nitrogens is 1.